The van der Waals surface area contributed by atoms with E-state index in [9.17, 15) is 14.4 Å². The lowest BCUT2D eigenvalue weighted by Crippen LogP contribution is -2.42. The zero-order chi connectivity index (χ0) is 21.8. The van der Waals surface area contributed by atoms with E-state index >= 15 is 0 Å². The first-order valence-corrected chi connectivity index (χ1v) is 10.3. The van der Waals surface area contributed by atoms with Gasteiger partial charge in [-0.2, -0.15) is 0 Å². The van der Waals surface area contributed by atoms with Crippen molar-refractivity contribution in [3.8, 4) is 0 Å². The fourth-order valence-electron chi connectivity index (χ4n) is 3.63. The second kappa shape index (κ2) is 8.98. The zero-order valence-electron chi connectivity index (χ0n) is 17.6. The zero-order valence-corrected chi connectivity index (χ0v) is 17.6. The molecule has 0 spiro atoms. The molecule has 9 nitrogen and oxygen atoms in total. The van der Waals surface area contributed by atoms with Gasteiger partial charge in [0, 0.05) is 19.5 Å². The van der Waals surface area contributed by atoms with Crippen LogP contribution in [-0.4, -0.2) is 31.6 Å². The molecule has 1 aromatic carbocycles. The largest absolute Gasteiger partial charge is 0.383 e. The van der Waals surface area contributed by atoms with E-state index in [1.165, 1.54) is 9.47 Å². The number of nitrogens with one attached hydrogen (secondary N) is 1. The Bertz CT molecular complexity index is 1170. The Morgan fingerprint density at radius 3 is 2.57 bits per heavy atom. The molecule has 3 N–H and O–H groups in total. The van der Waals surface area contributed by atoms with Crippen LogP contribution in [0.25, 0.3) is 11.0 Å². The predicted octanol–water partition coefficient (Wildman–Crippen LogP) is 1.88. The molecule has 0 saturated carbocycles. The molecule has 160 valence electrons. The fraction of sp³-hybridized carbons (Fsp3) is 0.429. The summed E-state index contributed by atoms with van der Waals surface area (Å²) in [7, 11) is 0. The highest BCUT2D eigenvalue weighted by atomic mass is 16.2. The normalized spacial score (nSPS) is 11.2. The summed E-state index contributed by atoms with van der Waals surface area (Å²) in [6, 6.07) is 7.62. The number of carbonyl (C=O) groups is 1. The number of imidazole rings is 1. The van der Waals surface area contributed by atoms with Gasteiger partial charge < -0.3 is 15.2 Å². The molecule has 0 unspecified atom stereocenters. The molecule has 0 radical (unpaired) electrons. The molecule has 0 atom stereocenters. The first-order valence-electron chi connectivity index (χ1n) is 10.3. The molecule has 0 aliphatic heterocycles. The highest BCUT2D eigenvalue weighted by Gasteiger charge is 2.24. The number of para-hydroxylation sites is 2. The molecule has 0 saturated heterocycles. The van der Waals surface area contributed by atoms with Crippen LogP contribution >= 0.6 is 0 Å². The molecule has 1 amide bonds. The molecule has 0 aliphatic carbocycles. The summed E-state index contributed by atoms with van der Waals surface area (Å²) in [6.45, 7) is 6.38. The molecular formula is C21H28N6O3. The van der Waals surface area contributed by atoms with Gasteiger partial charge in [0.25, 0.3) is 5.56 Å². The van der Waals surface area contributed by atoms with Crippen LogP contribution in [0.3, 0.4) is 0 Å². The van der Waals surface area contributed by atoms with E-state index in [0.29, 0.717) is 13.0 Å². The second-order valence-electron chi connectivity index (χ2n) is 7.09. The van der Waals surface area contributed by atoms with E-state index < -0.39 is 11.2 Å². The Balaban J connectivity index is 2.02. The monoisotopic (exact) mass is 412 g/mol. The standard InChI is InChI=1S/C21H28N6O3/c1-4-7-12-26-19(22)18(20(29)24-21(26)30)25(6-3)17(28)13-27-15-11-9-8-10-14(15)23-16(27)5-2/h8-11H,4-7,12-13,22H2,1-3H3,(H,24,29,30). The van der Waals surface area contributed by atoms with Crippen LogP contribution in [0.1, 0.15) is 39.4 Å². The smallest absolute Gasteiger partial charge is 0.330 e. The number of aryl methyl sites for hydroxylation is 1. The van der Waals surface area contributed by atoms with Gasteiger partial charge in [0.15, 0.2) is 5.69 Å². The summed E-state index contributed by atoms with van der Waals surface area (Å²) >= 11 is 0. The van der Waals surface area contributed by atoms with Crippen molar-refractivity contribution >= 4 is 28.4 Å². The van der Waals surface area contributed by atoms with Gasteiger partial charge in [0.2, 0.25) is 5.91 Å². The second-order valence-corrected chi connectivity index (χ2v) is 7.09. The van der Waals surface area contributed by atoms with Crippen molar-refractivity contribution in [2.75, 3.05) is 17.2 Å². The average Bonchev–Trinajstić information content (AvgIpc) is 3.08. The number of anilines is 2. The number of aromatic amines is 1. The number of nitrogen functional groups attached to an aromatic ring is 1. The summed E-state index contributed by atoms with van der Waals surface area (Å²) in [5, 5.41) is 0. The third-order valence-corrected chi connectivity index (χ3v) is 5.18. The van der Waals surface area contributed by atoms with Crippen LogP contribution in [0.2, 0.25) is 0 Å². The predicted molar refractivity (Wildman–Crippen MR) is 118 cm³/mol. The number of rotatable bonds is 8. The van der Waals surface area contributed by atoms with Gasteiger partial charge in [-0.15, -0.1) is 0 Å². The lowest BCUT2D eigenvalue weighted by atomic mass is 10.3. The number of nitrogens with zero attached hydrogens (tertiary/aromatic N) is 4. The van der Waals surface area contributed by atoms with Crippen molar-refractivity contribution in [3.05, 3.63) is 50.9 Å². The Labute approximate surface area is 174 Å². The van der Waals surface area contributed by atoms with Gasteiger partial charge in [0.1, 0.15) is 18.2 Å². The highest BCUT2D eigenvalue weighted by molar-refractivity contribution is 5.96. The SMILES string of the molecule is CCCCn1c(N)c(N(CC)C(=O)Cn2c(CC)nc3ccccc32)c(=O)[nH]c1=O. The minimum absolute atomic E-state index is 0.0126. The lowest BCUT2D eigenvalue weighted by Gasteiger charge is -2.23. The molecular weight excluding hydrogens is 384 g/mol. The Morgan fingerprint density at radius 2 is 1.90 bits per heavy atom. The molecule has 3 aromatic rings. The number of carbonyl (C=O) groups excluding carboxylic acids is 1. The molecule has 9 heteroatoms. The van der Waals surface area contributed by atoms with Gasteiger partial charge in [-0.25, -0.2) is 9.78 Å². The molecule has 2 heterocycles. The molecule has 3 rings (SSSR count). The van der Waals surface area contributed by atoms with E-state index in [2.05, 4.69) is 9.97 Å². The van der Waals surface area contributed by atoms with E-state index in [0.717, 1.165) is 29.7 Å². The third kappa shape index (κ3) is 3.87. The number of hydrogen-bond donors (Lipinski definition) is 2. The van der Waals surface area contributed by atoms with Crippen molar-refractivity contribution < 1.29 is 4.79 Å². The Kier molecular flexibility index (Phi) is 6.39. The van der Waals surface area contributed by atoms with E-state index in [4.69, 9.17) is 5.73 Å². The molecule has 0 bridgehead atoms. The highest BCUT2D eigenvalue weighted by Crippen LogP contribution is 2.20. The minimum Gasteiger partial charge on any atom is -0.383 e. The van der Waals surface area contributed by atoms with Crippen LogP contribution < -0.4 is 21.9 Å². The number of amides is 1. The maximum atomic E-state index is 13.3. The molecule has 30 heavy (non-hydrogen) atoms. The summed E-state index contributed by atoms with van der Waals surface area (Å²) < 4.78 is 3.18. The van der Waals surface area contributed by atoms with Gasteiger partial charge >= 0.3 is 5.69 Å². The van der Waals surface area contributed by atoms with Crippen LogP contribution in [0, 0.1) is 0 Å². The summed E-state index contributed by atoms with van der Waals surface area (Å²) in [4.78, 5) is 46.2. The topological polar surface area (TPSA) is 119 Å². The van der Waals surface area contributed by atoms with Crippen molar-refractivity contribution in [2.24, 2.45) is 0 Å². The van der Waals surface area contributed by atoms with Gasteiger partial charge in [0.05, 0.1) is 11.0 Å². The third-order valence-electron chi connectivity index (χ3n) is 5.18. The number of benzene rings is 1. The summed E-state index contributed by atoms with van der Waals surface area (Å²) in [5.41, 5.74) is 6.65. The molecule has 0 aliphatic rings. The van der Waals surface area contributed by atoms with Crippen LogP contribution in [0.15, 0.2) is 33.9 Å². The number of aromatic nitrogens is 4. The van der Waals surface area contributed by atoms with Gasteiger partial charge in [-0.3, -0.25) is 19.1 Å². The Morgan fingerprint density at radius 1 is 1.17 bits per heavy atom. The fourth-order valence-corrected chi connectivity index (χ4v) is 3.63. The van der Waals surface area contributed by atoms with Gasteiger partial charge in [-0.1, -0.05) is 32.4 Å². The van der Waals surface area contributed by atoms with E-state index in [1.54, 1.807) is 6.92 Å². The van der Waals surface area contributed by atoms with Crippen LogP contribution in [0.4, 0.5) is 11.5 Å². The number of H-pyrrole nitrogens is 1. The van der Waals surface area contributed by atoms with Gasteiger partial charge in [-0.05, 0) is 25.5 Å². The molecule has 2 aromatic heterocycles. The van der Waals surface area contributed by atoms with Crippen molar-refractivity contribution in [1.29, 1.82) is 0 Å². The van der Waals surface area contributed by atoms with Crippen molar-refractivity contribution in [3.63, 3.8) is 0 Å². The van der Waals surface area contributed by atoms with E-state index in [-0.39, 0.29) is 30.5 Å². The first-order chi connectivity index (χ1) is 14.4. The average molecular weight is 412 g/mol. The summed E-state index contributed by atoms with van der Waals surface area (Å²) in [6.07, 6.45) is 2.26. The Hall–Kier alpha value is -3.36. The van der Waals surface area contributed by atoms with Crippen LogP contribution in [-0.2, 0) is 24.3 Å². The number of fused-ring (bicyclic) bond motifs is 1. The van der Waals surface area contributed by atoms with Crippen molar-refractivity contribution in [2.45, 2.75) is 53.1 Å². The quantitative estimate of drug-likeness (QED) is 0.585. The minimum atomic E-state index is -0.661. The van der Waals surface area contributed by atoms with Crippen LogP contribution in [0.5, 0.6) is 0 Å². The molecule has 0 fully saturated rings. The maximum absolute atomic E-state index is 13.3. The number of nitrogens with two attached hydrogens (primary N) is 1. The number of unbranched alkanes of at least 4 members (excludes halogenated alkanes) is 1. The van der Waals surface area contributed by atoms with E-state index in [1.807, 2.05) is 42.7 Å². The summed E-state index contributed by atoms with van der Waals surface area (Å²) in [5.74, 6) is 0.502. The maximum Gasteiger partial charge on any atom is 0.330 e. The number of likely N-dealkylation sites (N-methyl/N-ethyl adjacent to an activating group) is 1. The van der Waals surface area contributed by atoms with Crippen molar-refractivity contribution in [1.82, 2.24) is 19.1 Å². The number of hydrogen-bond acceptors (Lipinski definition) is 5. The first kappa shape index (κ1) is 21.4. The lowest BCUT2D eigenvalue weighted by molar-refractivity contribution is -0.119.